The summed E-state index contributed by atoms with van der Waals surface area (Å²) in [6.07, 6.45) is 8.26. The van der Waals surface area contributed by atoms with Gasteiger partial charge in [0.1, 0.15) is 0 Å². The maximum absolute atomic E-state index is 5.59. The fourth-order valence-electron chi connectivity index (χ4n) is 1.51. The number of rotatable bonds is 6. The first kappa shape index (κ1) is 16.0. The van der Waals surface area contributed by atoms with Gasteiger partial charge in [0, 0.05) is 13.2 Å². The van der Waals surface area contributed by atoms with Crippen molar-refractivity contribution in [2.75, 3.05) is 13.2 Å². The first-order valence-electron chi connectivity index (χ1n) is 5.72. The predicted octanol–water partition coefficient (Wildman–Crippen LogP) is 3.77. The van der Waals surface area contributed by atoms with E-state index in [0.29, 0.717) is 0 Å². The van der Waals surface area contributed by atoms with Crippen LogP contribution in [0.4, 0.5) is 0 Å². The van der Waals surface area contributed by atoms with Crippen LogP contribution in [0.15, 0.2) is 0 Å². The van der Waals surface area contributed by atoms with Crippen molar-refractivity contribution >= 4 is 13.6 Å². The second-order valence-corrected chi connectivity index (χ2v) is 3.58. The molecule has 1 fully saturated rings. The number of hydrogen-bond acceptors (Lipinski definition) is 2. The molecule has 0 spiro atoms. The Kier molecular flexibility index (Phi) is 14.0. The molecule has 1 heterocycles. The van der Waals surface area contributed by atoms with E-state index in [0.717, 1.165) is 32.5 Å². The summed E-state index contributed by atoms with van der Waals surface area (Å²) in [5.41, 5.74) is 0. The summed E-state index contributed by atoms with van der Waals surface area (Å²) in [6, 6.07) is 0. The Morgan fingerprint density at radius 2 is 2.07 bits per heavy atom. The summed E-state index contributed by atoms with van der Waals surface area (Å²) in [4.78, 5) is 0. The van der Waals surface area contributed by atoms with E-state index in [1.807, 2.05) is 0 Å². The van der Waals surface area contributed by atoms with Crippen molar-refractivity contribution in [3.05, 3.63) is 6.92 Å². The normalized spacial score (nSPS) is 20.7. The molecule has 1 saturated heterocycles. The van der Waals surface area contributed by atoms with Crippen LogP contribution in [0, 0.1) is 6.92 Å². The van der Waals surface area contributed by atoms with Crippen LogP contribution in [-0.4, -0.2) is 19.5 Å². The summed E-state index contributed by atoms with van der Waals surface area (Å²) in [7, 11) is 0. The molecule has 0 aromatic carbocycles. The molecule has 0 aromatic heterocycles. The van der Waals surface area contributed by atoms with E-state index in [2.05, 4.69) is 20.5 Å². The molecule has 0 saturated carbocycles. The molecule has 2 nitrogen and oxygen atoms in total. The van der Waals surface area contributed by atoms with Gasteiger partial charge in [-0.3, -0.25) is 0 Å². The van der Waals surface area contributed by atoms with Crippen molar-refractivity contribution in [2.45, 2.75) is 51.2 Å². The Balaban J connectivity index is 0.000000921. The number of halogens is 1. The molecule has 1 atom stereocenters. The third-order valence-electron chi connectivity index (χ3n) is 2.34. The molecule has 86 valence electrons. The first-order chi connectivity index (χ1) is 7.43. The molecule has 1 aliphatic rings. The molecule has 15 heavy (non-hydrogen) atoms. The summed E-state index contributed by atoms with van der Waals surface area (Å²) in [5.74, 6) is 0. The van der Waals surface area contributed by atoms with Gasteiger partial charge in [0.2, 0.25) is 0 Å². The van der Waals surface area contributed by atoms with Gasteiger partial charge in [-0.2, -0.15) is 6.42 Å². The first-order valence-corrected chi connectivity index (χ1v) is 12.7. The molecule has 1 unspecified atom stereocenters. The third kappa shape index (κ3) is 9.92. The van der Waals surface area contributed by atoms with E-state index >= 15 is 0 Å². The molecule has 0 bridgehead atoms. The zero-order chi connectivity index (χ0) is 11.4. The van der Waals surface area contributed by atoms with Crippen molar-refractivity contribution < 1.29 is 25.8 Å². The molecule has 1 rings (SSSR count). The Morgan fingerprint density at radius 1 is 1.27 bits per heavy atom. The van der Waals surface area contributed by atoms with Crippen molar-refractivity contribution in [1.29, 1.82) is 0 Å². The zero-order valence-electron chi connectivity index (χ0n) is 9.55. The van der Waals surface area contributed by atoms with Crippen LogP contribution < -0.4 is 0 Å². The molecule has 0 radical (unpaired) electrons. The molecular weight excluding hydrogens is 309 g/mol. The Bertz CT molecular complexity index is 119. The molecule has 0 aromatic rings. The Hall–Kier alpha value is 1.02. The average Bonchev–Trinajstić information content (AvgIpc) is 2.33. The van der Waals surface area contributed by atoms with Gasteiger partial charge in [0.15, 0.2) is 6.29 Å². The molecule has 4 heteroatoms. The van der Waals surface area contributed by atoms with Gasteiger partial charge in [-0.05, 0) is 25.7 Å². The fourth-order valence-corrected chi connectivity index (χ4v) is 1.51. The molecular formula is C11H21BrO2Zn. The van der Waals surface area contributed by atoms with Crippen LogP contribution in [0.1, 0.15) is 44.9 Å². The zero-order valence-corrected chi connectivity index (χ0v) is 14.1. The Morgan fingerprint density at radius 3 is 2.67 bits per heavy atom. The summed E-state index contributed by atoms with van der Waals surface area (Å²) in [5, 5.41) is 0. The van der Waals surface area contributed by atoms with Gasteiger partial charge in [-0.25, -0.2) is 0 Å². The number of ether oxygens (including phenoxy) is 2. The van der Waals surface area contributed by atoms with Crippen LogP contribution in [0.5, 0.6) is 0 Å². The topological polar surface area (TPSA) is 18.5 Å². The third-order valence-corrected chi connectivity index (χ3v) is 2.34. The Labute approximate surface area is 111 Å². The quantitative estimate of drug-likeness (QED) is 0.419. The van der Waals surface area contributed by atoms with E-state index in [1.165, 1.54) is 42.0 Å². The second-order valence-electron chi connectivity index (χ2n) is 3.58. The van der Waals surface area contributed by atoms with E-state index in [4.69, 9.17) is 9.47 Å². The maximum atomic E-state index is 5.59. The van der Waals surface area contributed by atoms with E-state index in [1.54, 1.807) is 0 Å². The van der Waals surface area contributed by atoms with Crippen LogP contribution in [0.3, 0.4) is 0 Å². The van der Waals surface area contributed by atoms with Gasteiger partial charge in [-0.15, -0.1) is 0 Å². The molecule has 0 amide bonds. The molecule has 0 N–H and O–H groups in total. The minimum atomic E-state index is 0.0912. The van der Waals surface area contributed by atoms with Gasteiger partial charge >= 0.3 is 30.0 Å². The van der Waals surface area contributed by atoms with Crippen molar-refractivity contribution in [3.8, 4) is 0 Å². The van der Waals surface area contributed by atoms with Gasteiger partial charge in [0.05, 0.1) is 0 Å². The monoisotopic (exact) mass is 328 g/mol. The van der Waals surface area contributed by atoms with Gasteiger partial charge in [0.25, 0.3) is 0 Å². The fraction of sp³-hybridized carbons (Fsp3) is 0.909. The van der Waals surface area contributed by atoms with Crippen LogP contribution in [0.2, 0.25) is 0 Å². The summed E-state index contributed by atoms with van der Waals surface area (Å²) in [6.45, 7) is 5.54. The number of unbranched alkanes of at least 4 members (excludes halogenated alkanes) is 3. The van der Waals surface area contributed by atoms with Gasteiger partial charge < -0.3 is 16.4 Å². The van der Waals surface area contributed by atoms with E-state index in [9.17, 15) is 0 Å². The summed E-state index contributed by atoms with van der Waals surface area (Å²) < 4.78 is 11.0. The van der Waals surface area contributed by atoms with E-state index < -0.39 is 0 Å². The van der Waals surface area contributed by atoms with Crippen LogP contribution >= 0.6 is 13.6 Å². The van der Waals surface area contributed by atoms with Crippen LogP contribution in [0.25, 0.3) is 0 Å². The van der Waals surface area contributed by atoms with Crippen molar-refractivity contribution in [1.82, 2.24) is 0 Å². The van der Waals surface area contributed by atoms with E-state index in [-0.39, 0.29) is 6.29 Å². The molecule has 0 aliphatic carbocycles. The SMILES string of the molecule is [CH2-]CCCCCOC1CCCCO1.[Zn+][Br]. The standard InChI is InChI=1S/C11H21O2.BrH.Zn/c1-2-3-4-6-9-12-11-8-5-7-10-13-11;;/h11H,1-10H2;1H;/q-1;;+2/p-1. The number of hydrogen-bond donors (Lipinski definition) is 0. The van der Waals surface area contributed by atoms with Crippen molar-refractivity contribution in [3.63, 3.8) is 0 Å². The average molecular weight is 331 g/mol. The predicted molar refractivity (Wildman–Crippen MR) is 62.3 cm³/mol. The minimum absolute atomic E-state index is 0.0912. The summed E-state index contributed by atoms with van der Waals surface area (Å²) >= 11 is 4.25. The van der Waals surface area contributed by atoms with Crippen LogP contribution in [-0.2, 0) is 25.8 Å². The molecule has 1 aliphatic heterocycles. The second kappa shape index (κ2) is 13.1. The van der Waals surface area contributed by atoms with Gasteiger partial charge in [-0.1, -0.05) is 12.8 Å². The van der Waals surface area contributed by atoms with Crippen molar-refractivity contribution in [2.24, 2.45) is 0 Å².